The van der Waals surface area contributed by atoms with Gasteiger partial charge in [-0.3, -0.25) is 19.8 Å². The maximum Gasteiger partial charge on any atom is 0.269 e. The molecule has 1 aliphatic rings. The van der Waals surface area contributed by atoms with Crippen LogP contribution in [0.15, 0.2) is 29.8 Å². The minimum absolute atomic E-state index is 0.0323. The van der Waals surface area contributed by atoms with Gasteiger partial charge in [0, 0.05) is 12.1 Å². The van der Waals surface area contributed by atoms with Crippen molar-refractivity contribution in [3.63, 3.8) is 0 Å². The van der Waals surface area contributed by atoms with Crippen molar-refractivity contribution in [1.29, 1.82) is 0 Å². The van der Waals surface area contributed by atoms with Crippen LogP contribution in [0, 0.1) is 10.1 Å². The van der Waals surface area contributed by atoms with Crippen molar-refractivity contribution in [2.45, 2.75) is 5.37 Å². The second-order valence-electron chi connectivity index (χ2n) is 4.00. The minimum atomic E-state index is -0.445. The first-order chi connectivity index (χ1) is 9.66. The van der Waals surface area contributed by atoms with E-state index in [0.717, 1.165) is 5.56 Å². The molecule has 1 aliphatic heterocycles. The van der Waals surface area contributed by atoms with Gasteiger partial charge in [-0.05, 0) is 17.7 Å². The van der Waals surface area contributed by atoms with Gasteiger partial charge in [0.15, 0.2) is 0 Å². The first kappa shape index (κ1) is 13.0. The van der Waals surface area contributed by atoms with Crippen molar-refractivity contribution in [3.8, 4) is 0 Å². The Morgan fingerprint density at radius 3 is 2.70 bits per heavy atom. The monoisotopic (exact) mass is 308 g/mol. The zero-order chi connectivity index (χ0) is 14.1. The van der Waals surface area contributed by atoms with Crippen LogP contribution in [0.25, 0.3) is 0 Å². The normalized spacial score (nSPS) is 18.5. The molecule has 0 radical (unpaired) electrons. The lowest BCUT2D eigenvalue weighted by molar-refractivity contribution is -0.384. The maximum absolute atomic E-state index is 12.0. The lowest BCUT2D eigenvalue weighted by atomic mass is 10.2. The average Bonchev–Trinajstić information content (AvgIpc) is 3.07. The third kappa shape index (κ3) is 2.25. The summed E-state index contributed by atoms with van der Waals surface area (Å²) in [6, 6.07) is 6.22. The highest BCUT2D eigenvalue weighted by atomic mass is 32.2. The summed E-state index contributed by atoms with van der Waals surface area (Å²) in [5.41, 5.74) is 2.44. The van der Waals surface area contributed by atoms with Crippen LogP contribution in [0.2, 0.25) is 0 Å². The highest BCUT2D eigenvalue weighted by Crippen LogP contribution is 2.42. The second-order valence-corrected chi connectivity index (χ2v) is 5.88. The SMILES string of the molecule is O=C1CS[C@@H](c2ccc([N+](=O)[O-])cc2)N1c1nncs1. The van der Waals surface area contributed by atoms with Gasteiger partial charge in [0.1, 0.15) is 10.9 Å². The largest absolute Gasteiger partial charge is 0.273 e. The van der Waals surface area contributed by atoms with Gasteiger partial charge < -0.3 is 0 Å². The Bertz CT molecular complexity index is 644. The fourth-order valence-electron chi connectivity index (χ4n) is 1.91. The molecule has 1 amide bonds. The predicted molar refractivity (Wildman–Crippen MR) is 75.7 cm³/mol. The Hall–Kier alpha value is -2.00. The highest BCUT2D eigenvalue weighted by molar-refractivity contribution is 8.00. The van der Waals surface area contributed by atoms with Gasteiger partial charge in [0.05, 0.1) is 10.7 Å². The first-order valence-corrected chi connectivity index (χ1v) is 7.54. The summed E-state index contributed by atoms with van der Waals surface area (Å²) < 4.78 is 0. The number of nitro benzene ring substituents is 1. The van der Waals surface area contributed by atoms with Crippen molar-refractivity contribution in [2.24, 2.45) is 0 Å². The quantitative estimate of drug-likeness (QED) is 0.638. The number of benzene rings is 1. The summed E-state index contributed by atoms with van der Waals surface area (Å²) in [5, 5.41) is 18.7. The van der Waals surface area contributed by atoms with Gasteiger partial charge in [-0.25, -0.2) is 0 Å². The molecule has 0 aliphatic carbocycles. The van der Waals surface area contributed by atoms with Gasteiger partial charge in [0.25, 0.3) is 5.69 Å². The first-order valence-electron chi connectivity index (χ1n) is 5.61. The number of rotatable bonds is 3. The number of carbonyl (C=O) groups excluding carboxylic acids is 1. The predicted octanol–water partition coefficient (Wildman–Crippen LogP) is 2.22. The fourth-order valence-corrected chi connectivity index (χ4v) is 3.74. The number of aromatic nitrogens is 2. The summed E-state index contributed by atoms with van der Waals surface area (Å²) in [5.74, 6) is 0.330. The number of nitrogens with zero attached hydrogens (tertiary/aromatic N) is 4. The maximum atomic E-state index is 12.0. The van der Waals surface area contributed by atoms with Crippen LogP contribution in [0.1, 0.15) is 10.9 Å². The third-order valence-corrected chi connectivity index (χ3v) is 4.71. The Morgan fingerprint density at radius 1 is 1.35 bits per heavy atom. The second kappa shape index (κ2) is 5.17. The molecule has 0 bridgehead atoms. The van der Waals surface area contributed by atoms with Crippen LogP contribution in [0.4, 0.5) is 10.8 Å². The zero-order valence-electron chi connectivity index (χ0n) is 10.0. The fraction of sp³-hybridized carbons (Fsp3) is 0.182. The van der Waals surface area contributed by atoms with Crippen LogP contribution < -0.4 is 4.90 Å². The molecule has 1 aromatic carbocycles. The molecule has 102 valence electrons. The molecule has 2 heterocycles. The molecule has 3 rings (SSSR count). The van der Waals surface area contributed by atoms with Crippen molar-refractivity contribution in [2.75, 3.05) is 10.7 Å². The van der Waals surface area contributed by atoms with Gasteiger partial charge in [-0.15, -0.1) is 22.0 Å². The number of thioether (sulfide) groups is 1. The molecule has 1 aromatic heterocycles. The molecule has 0 saturated carbocycles. The molecule has 20 heavy (non-hydrogen) atoms. The smallest absolute Gasteiger partial charge is 0.269 e. The van der Waals surface area contributed by atoms with Crippen LogP contribution in [-0.4, -0.2) is 26.8 Å². The van der Waals surface area contributed by atoms with E-state index in [2.05, 4.69) is 10.2 Å². The van der Waals surface area contributed by atoms with E-state index in [1.54, 1.807) is 22.5 Å². The lowest BCUT2D eigenvalue weighted by Crippen LogP contribution is -2.27. The number of non-ortho nitro benzene ring substituents is 1. The molecule has 1 fully saturated rings. The molecule has 7 nitrogen and oxygen atoms in total. The van der Waals surface area contributed by atoms with E-state index in [-0.39, 0.29) is 17.0 Å². The standard InChI is InChI=1S/C11H8N4O3S2/c16-9-5-19-10(14(9)11-13-12-6-20-11)7-1-3-8(4-2-7)15(17)18/h1-4,6,10H,5H2/t10-/m0/s1. The summed E-state index contributed by atoms with van der Waals surface area (Å²) >= 11 is 2.76. The van der Waals surface area contributed by atoms with Gasteiger partial charge >= 0.3 is 0 Å². The van der Waals surface area contributed by atoms with Crippen LogP contribution in [0.5, 0.6) is 0 Å². The Balaban J connectivity index is 1.92. The molecule has 1 saturated heterocycles. The number of carbonyl (C=O) groups is 1. The number of hydrogen-bond acceptors (Lipinski definition) is 7. The Kier molecular flexibility index (Phi) is 3.36. The molecule has 0 N–H and O–H groups in total. The number of amides is 1. The van der Waals surface area contributed by atoms with E-state index < -0.39 is 4.92 Å². The van der Waals surface area contributed by atoms with E-state index in [9.17, 15) is 14.9 Å². The van der Waals surface area contributed by atoms with Crippen molar-refractivity contribution < 1.29 is 9.72 Å². The Morgan fingerprint density at radius 2 is 2.10 bits per heavy atom. The summed E-state index contributed by atoms with van der Waals surface area (Å²) in [6.45, 7) is 0. The third-order valence-electron chi connectivity index (χ3n) is 2.81. The van der Waals surface area contributed by atoms with Gasteiger partial charge in [-0.1, -0.05) is 11.3 Å². The number of anilines is 1. The molecular weight excluding hydrogens is 300 g/mol. The minimum Gasteiger partial charge on any atom is -0.273 e. The van der Waals surface area contributed by atoms with Gasteiger partial charge in [0.2, 0.25) is 11.0 Å². The van der Waals surface area contributed by atoms with Crippen LogP contribution >= 0.6 is 23.1 Å². The molecule has 0 unspecified atom stereocenters. The van der Waals surface area contributed by atoms with Crippen LogP contribution in [-0.2, 0) is 4.79 Å². The van der Waals surface area contributed by atoms with Gasteiger partial charge in [-0.2, -0.15) is 0 Å². The molecule has 1 atom stereocenters. The summed E-state index contributed by atoms with van der Waals surface area (Å²) in [7, 11) is 0. The Labute approximate surface area is 121 Å². The number of hydrogen-bond donors (Lipinski definition) is 0. The molecule has 0 spiro atoms. The molecule has 2 aromatic rings. The van der Waals surface area contributed by atoms with E-state index in [1.807, 2.05) is 0 Å². The molecule has 9 heteroatoms. The van der Waals surface area contributed by atoms with Crippen LogP contribution in [0.3, 0.4) is 0 Å². The number of nitro groups is 1. The van der Waals surface area contributed by atoms with Crippen molar-refractivity contribution >= 4 is 39.8 Å². The summed E-state index contributed by atoms with van der Waals surface area (Å²) in [6.07, 6.45) is 0. The highest BCUT2D eigenvalue weighted by Gasteiger charge is 2.35. The topological polar surface area (TPSA) is 89.2 Å². The lowest BCUT2D eigenvalue weighted by Gasteiger charge is -2.20. The zero-order valence-corrected chi connectivity index (χ0v) is 11.6. The summed E-state index contributed by atoms with van der Waals surface area (Å²) in [4.78, 5) is 23.8. The van der Waals surface area contributed by atoms with E-state index >= 15 is 0 Å². The van der Waals surface area contributed by atoms with E-state index in [4.69, 9.17) is 0 Å². The van der Waals surface area contributed by atoms with Crippen molar-refractivity contribution in [1.82, 2.24) is 10.2 Å². The van der Waals surface area contributed by atoms with Crippen molar-refractivity contribution in [3.05, 3.63) is 45.5 Å². The average molecular weight is 308 g/mol. The molecular formula is C11H8N4O3S2. The van der Waals surface area contributed by atoms with E-state index in [0.29, 0.717) is 10.9 Å². The van der Waals surface area contributed by atoms with E-state index in [1.165, 1.54) is 35.2 Å².